The first-order chi connectivity index (χ1) is 7.93. The monoisotopic (exact) mass is 215 g/mol. The van der Waals surface area contributed by atoms with Crippen molar-refractivity contribution in [2.45, 2.75) is 44.1 Å². The number of benzene rings is 1. The van der Waals surface area contributed by atoms with E-state index in [-0.39, 0.29) is 0 Å². The Balaban J connectivity index is 1.71. The van der Waals surface area contributed by atoms with Crippen LogP contribution in [0.15, 0.2) is 30.3 Å². The van der Waals surface area contributed by atoms with Crippen LogP contribution in [0.1, 0.15) is 43.6 Å². The molecule has 1 heteroatoms. The lowest BCUT2D eigenvalue weighted by Gasteiger charge is -2.42. The van der Waals surface area contributed by atoms with Gasteiger partial charge in [0.1, 0.15) is 0 Å². The van der Waals surface area contributed by atoms with Crippen LogP contribution in [0.2, 0.25) is 0 Å². The lowest BCUT2D eigenvalue weighted by atomic mass is 9.84. The molecule has 0 amide bonds. The Morgan fingerprint density at radius 1 is 0.938 bits per heavy atom. The van der Waals surface area contributed by atoms with Crippen molar-refractivity contribution in [3.05, 3.63) is 35.9 Å². The number of fused-ring (bicyclic) bond motifs is 1. The molecule has 1 aromatic carbocycles. The maximum absolute atomic E-state index is 2.74. The molecule has 16 heavy (non-hydrogen) atoms. The average Bonchev–Trinajstić information content (AvgIpc) is 2.39. The van der Waals surface area contributed by atoms with Crippen molar-refractivity contribution in [2.75, 3.05) is 13.1 Å². The molecule has 0 N–H and O–H groups in total. The van der Waals surface area contributed by atoms with Crippen LogP contribution in [-0.4, -0.2) is 24.0 Å². The fraction of sp³-hybridized carbons (Fsp3) is 0.600. The van der Waals surface area contributed by atoms with E-state index in [0.29, 0.717) is 0 Å². The molecular formula is C15H21N. The molecule has 2 fully saturated rings. The maximum Gasteiger partial charge on any atom is 0.00957 e. The smallest absolute Gasteiger partial charge is 0.00957 e. The second-order valence-corrected chi connectivity index (χ2v) is 5.33. The van der Waals surface area contributed by atoms with E-state index in [2.05, 4.69) is 35.2 Å². The Kier molecular flexibility index (Phi) is 2.96. The highest BCUT2D eigenvalue weighted by Crippen LogP contribution is 2.33. The predicted octanol–water partition coefficient (Wildman–Crippen LogP) is 3.42. The van der Waals surface area contributed by atoms with Gasteiger partial charge >= 0.3 is 0 Å². The summed E-state index contributed by atoms with van der Waals surface area (Å²) in [5.41, 5.74) is 1.55. The SMILES string of the molecule is c1ccc(C2CCC3CCCCN3C2)cc1. The highest BCUT2D eigenvalue weighted by atomic mass is 15.2. The summed E-state index contributed by atoms with van der Waals surface area (Å²) in [5, 5.41) is 0. The van der Waals surface area contributed by atoms with Gasteiger partial charge in [-0.2, -0.15) is 0 Å². The molecular weight excluding hydrogens is 194 g/mol. The standard InChI is InChI=1S/C15H21N/c1-2-6-13(7-3-1)14-9-10-15-8-4-5-11-16(15)12-14/h1-3,6-7,14-15H,4-5,8-12H2. The average molecular weight is 215 g/mol. The van der Waals surface area contributed by atoms with E-state index in [1.54, 1.807) is 5.56 Å². The third-order valence-corrected chi connectivity index (χ3v) is 4.32. The lowest BCUT2D eigenvalue weighted by molar-refractivity contribution is 0.0959. The van der Waals surface area contributed by atoms with E-state index >= 15 is 0 Å². The molecule has 2 aliphatic heterocycles. The summed E-state index contributed by atoms with van der Waals surface area (Å²) >= 11 is 0. The molecule has 2 aliphatic rings. The van der Waals surface area contributed by atoms with Crippen LogP contribution in [0.25, 0.3) is 0 Å². The van der Waals surface area contributed by atoms with Gasteiger partial charge in [0.25, 0.3) is 0 Å². The number of rotatable bonds is 1. The number of hydrogen-bond donors (Lipinski definition) is 0. The zero-order chi connectivity index (χ0) is 10.8. The molecule has 1 aromatic rings. The van der Waals surface area contributed by atoms with Crippen molar-refractivity contribution in [1.29, 1.82) is 0 Å². The summed E-state index contributed by atoms with van der Waals surface area (Å²) in [4.78, 5) is 2.74. The second kappa shape index (κ2) is 4.58. The highest BCUT2D eigenvalue weighted by molar-refractivity contribution is 5.20. The fourth-order valence-corrected chi connectivity index (χ4v) is 3.39. The number of hydrogen-bond acceptors (Lipinski definition) is 1. The van der Waals surface area contributed by atoms with Crippen LogP contribution in [0.5, 0.6) is 0 Å². The quantitative estimate of drug-likeness (QED) is 0.694. The molecule has 0 radical (unpaired) electrons. The third kappa shape index (κ3) is 2.01. The van der Waals surface area contributed by atoms with Crippen LogP contribution >= 0.6 is 0 Å². The molecule has 0 saturated carbocycles. The van der Waals surface area contributed by atoms with Crippen LogP contribution in [0, 0.1) is 0 Å². The number of piperidine rings is 2. The van der Waals surface area contributed by atoms with Gasteiger partial charge in [-0.25, -0.2) is 0 Å². The van der Waals surface area contributed by atoms with Crippen molar-refractivity contribution in [3.63, 3.8) is 0 Å². The summed E-state index contributed by atoms with van der Waals surface area (Å²) in [6.45, 7) is 2.64. The van der Waals surface area contributed by atoms with Crippen molar-refractivity contribution >= 4 is 0 Å². The first kappa shape index (κ1) is 10.3. The van der Waals surface area contributed by atoms with E-state index in [9.17, 15) is 0 Å². The number of nitrogens with zero attached hydrogens (tertiary/aromatic N) is 1. The van der Waals surface area contributed by atoms with Gasteiger partial charge in [-0.05, 0) is 43.7 Å². The molecule has 1 nitrogen and oxygen atoms in total. The minimum Gasteiger partial charge on any atom is -0.300 e. The Labute approximate surface area is 98.5 Å². The first-order valence-electron chi connectivity index (χ1n) is 6.72. The lowest BCUT2D eigenvalue weighted by Crippen LogP contribution is -2.45. The minimum absolute atomic E-state index is 0.788. The fourth-order valence-electron chi connectivity index (χ4n) is 3.39. The van der Waals surface area contributed by atoms with Crippen molar-refractivity contribution < 1.29 is 0 Å². The highest BCUT2D eigenvalue weighted by Gasteiger charge is 2.30. The minimum atomic E-state index is 0.788. The predicted molar refractivity (Wildman–Crippen MR) is 67.6 cm³/mol. The third-order valence-electron chi connectivity index (χ3n) is 4.32. The van der Waals surface area contributed by atoms with Gasteiger partial charge in [0.05, 0.1) is 0 Å². The van der Waals surface area contributed by atoms with Gasteiger partial charge < -0.3 is 0 Å². The Hall–Kier alpha value is -0.820. The van der Waals surface area contributed by atoms with Gasteiger partial charge in [0.2, 0.25) is 0 Å². The van der Waals surface area contributed by atoms with E-state index in [4.69, 9.17) is 0 Å². The van der Waals surface area contributed by atoms with Crippen LogP contribution in [0.4, 0.5) is 0 Å². The molecule has 2 saturated heterocycles. The van der Waals surface area contributed by atoms with E-state index in [1.165, 1.54) is 45.2 Å². The Morgan fingerprint density at radius 2 is 1.81 bits per heavy atom. The Morgan fingerprint density at radius 3 is 2.69 bits per heavy atom. The zero-order valence-electron chi connectivity index (χ0n) is 9.94. The molecule has 2 atom stereocenters. The summed E-state index contributed by atoms with van der Waals surface area (Å²) in [6.07, 6.45) is 7.13. The van der Waals surface area contributed by atoms with Gasteiger partial charge in [0.15, 0.2) is 0 Å². The van der Waals surface area contributed by atoms with Crippen LogP contribution in [-0.2, 0) is 0 Å². The summed E-state index contributed by atoms with van der Waals surface area (Å²) in [7, 11) is 0. The second-order valence-electron chi connectivity index (χ2n) is 5.33. The van der Waals surface area contributed by atoms with Gasteiger partial charge in [-0.15, -0.1) is 0 Å². The van der Waals surface area contributed by atoms with Crippen molar-refractivity contribution in [3.8, 4) is 0 Å². The molecule has 3 rings (SSSR count). The molecule has 0 aliphatic carbocycles. The largest absolute Gasteiger partial charge is 0.300 e. The van der Waals surface area contributed by atoms with Crippen molar-refractivity contribution in [1.82, 2.24) is 4.90 Å². The van der Waals surface area contributed by atoms with E-state index in [0.717, 1.165) is 12.0 Å². The van der Waals surface area contributed by atoms with Crippen LogP contribution < -0.4 is 0 Å². The molecule has 0 spiro atoms. The van der Waals surface area contributed by atoms with Gasteiger partial charge in [0, 0.05) is 12.6 Å². The zero-order valence-corrected chi connectivity index (χ0v) is 9.94. The molecule has 0 aromatic heterocycles. The Bertz CT molecular complexity index is 333. The molecule has 0 bridgehead atoms. The molecule has 86 valence electrons. The van der Waals surface area contributed by atoms with Crippen molar-refractivity contribution in [2.24, 2.45) is 0 Å². The van der Waals surface area contributed by atoms with E-state index < -0.39 is 0 Å². The van der Waals surface area contributed by atoms with Gasteiger partial charge in [-0.3, -0.25) is 4.90 Å². The molecule has 2 heterocycles. The van der Waals surface area contributed by atoms with Gasteiger partial charge in [-0.1, -0.05) is 36.8 Å². The van der Waals surface area contributed by atoms with E-state index in [1.807, 2.05) is 0 Å². The summed E-state index contributed by atoms with van der Waals surface area (Å²) in [5.74, 6) is 0.788. The van der Waals surface area contributed by atoms with Crippen LogP contribution in [0.3, 0.4) is 0 Å². The summed E-state index contributed by atoms with van der Waals surface area (Å²) in [6, 6.07) is 12.0. The normalized spacial score (nSPS) is 31.0. The summed E-state index contributed by atoms with van der Waals surface area (Å²) < 4.78 is 0. The first-order valence-corrected chi connectivity index (χ1v) is 6.72. The molecule has 2 unspecified atom stereocenters. The maximum atomic E-state index is 2.74. The topological polar surface area (TPSA) is 3.24 Å².